The molecule has 9 nitrogen and oxygen atoms in total. The van der Waals surface area contributed by atoms with Gasteiger partial charge in [0, 0.05) is 57.2 Å². The van der Waals surface area contributed by atoms with Crippen molar-refractivity contribution in [2.24, 2.45) is 13.0 Å². The molecule has 6 rings (SSSR count). The third-order valence-electron chi connectivity index (χ3n) is 9.06. The molecule has 2 aromatic heterocycles. The van der Waals surface area contributed by atoms with E-state index >= 15 is 0 Å². The van der Waals surface area contributed by atoms with Crippen LogP contribution in [0, 0.1) is 12.8 Å². The summed E-state index contributed by atoms with van der Waals surface area (Å²) in [5.74, 6) is 1.07. The molecule has 3 amide bonds. The van der Waals surface area contributed by atoms with Gasteiger partial charge in [0.05, 0.1) is 41.6 Å². The van der Waals surface area contributed by atoms with Gasteiger partial charge in [-0.15, -0.1) is 11.3 Å². The zero-order chi connectivity index (χ0) is 27.6. The van der Waals surface area contributed by atoms with Crippen molar-refractivity contribution in [3.05, 3.63) is 51.4 Å². The Balaban J connectivity index is 1.29. The van der Waals surface area contributed by atoms with Crippen LogP contribution in [0.2, 0.25) is 0 Å². The van der Waals surface area contributed by atoms with Crippen LogP contribution >= 0.6 is 11.3 Å². The summed E-state index contributed by atoms with van der Waals surface area (Å²) in [7, 11) is 5.35. The average Bonchev–Trinajstić information content (AvgIpc) is 3.51. The molecule has 2 saturated heterocycles. The molecule has 2 unspecified atom stereocenters. The van der Waals surface area contributed by atoms with Crippen LogP contribution in [0.5, 0.6) is 0 Å². The van der Waals surface area contributed by atoms with Crippen molar-refractivity contribution >= 4 is 33.5 Å². The molecule has 3 aliphatic heterocycles. The minimum atomic E-state index is -0.414. The number of aryl methyl sites for hydroxylation is 2. The first-order valence-corrected chi connectivity index (χ1v) is 14.6. The van der Waals surface area contributed by atoms with Crippen LogP contribution in [-0.2, 0) is 16.5 Å². The number of urea groups is 1. The third-order valence-corrected chi connectivity index (χ3v) is 10.3. The van der Waals surface area contributed by atoms with Gasteiger partial charge >= 0.3 is 6.03 Å². The minimum absolute atomic E-state index is 0.0452. The first kappa shape index (κ1) is 26.1. The molecule has 39 heavy (non-hydrogen) atoms. The molecule has 0 saturated carbocycles. The lowest BCUT2D eigenvalue weighted by Crippen LogP contribution is -2.54. The van der Waals surface area contributed by atoms with E-state index in [1.54, 1.807) is 14.2 Å². The molecular weight excluding hydrogens is 514 g/mol. The maximum atomic E-state index is 13.9. The average molecular weight is 552 g/mol. The topological polar surface area (TPSA) is 80.1 Å². The van der Waals surface area contributed by atoms with E-state index in [9.17, 15) is 9.59 Å². The van der Waals surface area contributed by atoms with Gasteiger partial charge in [-0.1, -0.05) is 13.0 Å². The highest BCUT2D eigenvalue weighted by molar-refractivity contribution is 7.20. The number of aromatic nitrogens is 2. The predicted molar refractivity (Wildman–Crippen MR) is 150 cm³/mol. The molecule has 5 heterocycles. The molecule has 208 valence electrons. The van der Waals surface area contributed by atoms with E-state index in [4.69, 9.17) is 9.47 Å². The summed E-state index contributed by atoms with van der Waals surface area (Å²) < 4.78 is 13.3. The molecule has 1 aliphatic carbocycles. The lowest BCUT2D eigenvalue weighted by molar-refractivity contribution is 0.0579. The van der Waals surface area contributed by atoms with Crippen LogP contribution < -0.4 is 0 Å². The van der Waals surface area contributed by atoms with Crippen molar-refractivity contribution in [3.8, 4) is 0 Å². The number of carbonyl (C=O) groups excluding carboxylic acids is 2. The lowest BCUT2D eigenvalue weighted by Gasteiger charge is -2.44. The highest BCUT2D eigenvalue weighted by atomic mass is 32.1. The Morgan fingerprint density at radius 3 is 2.64 bits per heavy atom. The number of likely N-dealkylation sites (N-methyl/N-ethyl adjacent to an activating group) is 1. The Bertz CT molecular complexity index is 1410. The van der Waals surface area contributed by atoms with Crippen LogP contribution in [0.3, 0.4) is 0 Å². The molecule has 1 spiro atoms. The number of allylic oxidation sites excluding steroid dienone is 1. The second kappa shape index (κ2) is 9.52. The second-order valence-corrected chi connectivity index (χ2v) is 12.1. The van der Waals surface area contributed by atoms with E-state index < -0.39 is 5.54 Å². The van der Waals surface area contributed by atoms with E-state index in [0.29, 0.717) is 32.6 Å². The van der Waals surface area contributed by atoms with Crippen molar-refractivity contribution in [2.75, 3.05) is 40.4 Å². The predicted octanol–water partition coefficient (Wildman–Crippen LogP) is 4.45. The number of methoxy groups -OCH3 is 2. The van der Waals surface area contributed by atoms with Gasteiger partial charge in [0.25, 0.3) is 5.91 Å². The number of fused-ring (bicyclic) bond motifs is 3. The van der Waals surface area contributed by atoms with E-state index in [1.165, 1.54) is 16.9 Å². The van der Waals surface area contributed by atoms with Crippen LogP contribution in [0.15, 0.2) is 40.8 Å². The van der Waals surface area contributed by atoms with Gasteiger partial charge in [-0.05, 0) is 50.0 Å². The van der Waals surface area contributed by atoms with Crippen molar-refractivity contribution < 1.29 is 19.1 Å². The van der Waals surface area contributed by atoms with E-state index in [1.807, 2.05) is 39.4 Å². The number of hydrogen-bond donors (Lipinski definition) is 0. The number of piperidine rings is 1. The third kappa shape index (κ3) is 3.86. The number of rotatable bonds is 4. The number of carbonyl (C=O) groups is 2. The maximum absolute atomic E-state index is 13.9. The first-order valence-electron chi connectivity index (χ1n) is 13.8. The van der Waals surface area contributed by atoms with E-state index in [-0.39, 0.29) is 24.0 Å². The smallest absolute Gasteiger partial charge is 0.325 e. The second-order valence-electron chi connectivity index (χ2n) is 11.0. The van der Waals surface area contributed by atoms with Gasteiger partial charge < -0.3 is 19.3 Å². The van der Waals surface area contributed by atoms with Crippen molar-refractivity contribution in [1.82, 2.24) is 24.5 Å². The fourth-order valence-corrected chi connectivity index (χ4v) is 8.23. The van der Waals surface area contributed by atoms with Gasteiger partial charge in [0.15, 0.2) is 0 Å². The van der Waals surface area contributed by atoms with Gasteiger partial charge in [-0.2, -0.15) is 5.10 Å². The zero-order valence-corrected chi connectivity index (χ0v) is 24.4. The molecule has 2 atom stereocenters. The van der Waals surface area contributed by atoms with Crippen molar-refractivity contribution in [2.45, 2.75) is 51.7 Å². The quantitative estimate of drug-likeness (QED) is 0.561. The van der Waals surface area contributed by atoms with Crippen molar-refractivity contribution in [3.63, 3.8) is 0 Å². The summed E-state index contributed by atoms with van der Waals surface area (Å²) >= 11 is 1.50. The Morgan fingerprint density at radius 2 is 2.00 bits per heavy atom. The highest BCUT2D eigenvalue weighted by Crippen LogP contribution is 2.48. The summed E-state index contributed by atoms with van der Waals surface area (Å²) in [5, 5.41) is 5.51. The summed E-state index contributed by atoms with van der Waals surface area (Å²) in [6, 6.07) is 2.03. The summed E-state index contributed by atoms with van der Waals surface area (Å²) in [5.41, 5.74) is 3.94. The normalized spacial score (nSPS) is 24.7. The van der Waals surface area contributed by atoms with Crippen LogP contribution in [0.25, 0.3) is 10.2 Å². The number of ether oxygens (including phenoxy) is 2. The van der Waals surface area contributed by atoms with Crippen molar-refractivity contribution in [1.29, 1.82) is 0 Å². The van der Waals surface area contributed by atoms with Gasteiger partial charge in [0.2, 0.25) is 0 Å². The molecule has 10 heteroatoms. The molecule has 0 aromatic carbocycles. The SMILES string of the molecule is CCN1C(=O)N2CC3=C(C(C)C=C2C12CCN(C(=O)c1cc4c(C)nn(C)c4s1)CC2)C(OC)CC(OC)=C3. The largest absolute Gasteiger partial charge is 0.501 e. The lowest BCUT2D eigenvalue weighted by atomic mass is 9.81. The maximum Gasteiger partial charge on any atom is 0.325 e. The summed E-state index contributed by atoms with van der Waals surface area (Å²) in [6.07, 6.45) is 6.44. The van der Waals surface area contributed by atoms with Crippen LogP contribution in [-0.4, -0.2) is 88.5 Å². The number of likely N-dealkylation sites (tertiary alicyclic amines) is 1. The molecular formula is C29H37N5O4S. The standard InChI is InChI=1S/C29H37N5O4S/c1-7-34-28(36)33-16-19-13-20(37-5)14-22(38-6)25(19)17(2)12-24(33)29(34)8-10-32(11-9-29)26(35)23-15-21-18(3)30-31(4)27(21)39-23/h12-13,15,17,22H,7-11,14,16H2,1-6H3. The molecule has 0 radical (unpaired) electrons. The van der Waals surface area contributed by atoms with Gasteiger partial charge in [0.1, 0.15) is 4.83 Å². The summed E-state index contributed by atoms with van der Waals surface area (Å²) in [6.45, 7) is 8.58. The molecule has 4 aliphatic rings. The van der Waals surface area contributed by atoms with E-state index in [2.05, 4.69) is 31.1 Å². The van der Waals surface area contributed by atoms with Gasteiger partial charge in [-0.3, -0.25) is 14.4 Å². The van der Waals surface area contributed by atoms with Crippen LogP contribution in [0.1, 0.15) is 48.5 Å². The monoisotopic (exact) mass is 551 g/mol. The van der Waals surface area contributed by atoms with Gasteiger partial charge in [-0.25, -0.2) is 4.79 Å². The van der Waals surface area contributed by atoms with Crippen LogP contribution in [0.4, 0.5) is 4.79 Å². The molecule has 0 N–H and O–H groups in total. The number of amides is 3. The Hall–Kier alpha value is -3.11. The number of hydrogen-bond acceptors (Lipinski definition) is 6. The van der Waals surface area contributed by atoms with E-state index in [0.717, 1.165) is 50.7 Å². The first-order chi connectivity index (χ1) is 18.7. The zero-order valence-electron chi connectivity index (χ0n) is 23.6. The number of nitrogens with zero attached hydrogens (tertiary/aromatic N) is 5. The summed E-state index contributed by atoms with van der Waals surface area (Å²) in [4.78, 5) is 35.1. The minimum Gasteiger partial charge on any atom is -0.501 e. The Kier molecular flexibility index (Phi) is 6.38. The number of thiophene rings is 1. The molecule has 0 bridgehead atoms. The molecule has 2 aromatic rings. The Labute approximate surface area is 233 Å². The fraction of sp³-hybridized carbons (Fsp3) is 0.552. The highest BCUT2D eigenvalue weighted by Gasteiger charge is 2.55. The molecule has 2 fully saturated rings. The fourth-order valence-electron chi connectivity index (χ4n) is 7.14. The Morgan fingerprint density at radius 1 is 1.26 bits per heavy atom.